The monoisotopic (exact) mass is 577 g/mol. The van der Waals surface area contributed by atoms with Gasteiger partial charge in [0.25, 0.3) is 5.91 Å². The largest absolute Gasteiger partial charge is 0.444 e. The lowest BCUT2D eigenvalue weighted by Gasteiger charge is -2.23. The van der Waals surface area contributed by atoms with E-state index in [1.807, 2.05) is 22.6 Å². The van der Waals surface area contributed by atoms with Gasteiger partial charge < -0.3 is 26.0 Å². The van der Waals surface area contributed by atoms with Gasteiger partial charge in [-0.15, -0.1) is 0 Å². The summed E-state index contributed by atoms with van der Waals surface area (Å²) >= 11 is 1.94. The molecule has 1 saturated heterocycles. The van der Waals surface area contributed by atoms with Crippen LogP contribution in [0.4, 0.5) is 24.5 Å². The van der Waals surface area contributed by atoms with Gasteiger partial charge in [-0.05, 0) is 85.3 Å². The quantitative estimate of drug-likeness (QED) is 0.218. The summed E-state index contributed by atoms with van der Waals surface area (Å²) in [4.78, 5) is 14.7. The van der Waals surface area contributed by atoms with Crippen LogP contribution < -0.4 is 16.0 Å². The Morgan fingerprint density at radius 1 is 1.18 bits per heavy atom. The number of halogens is 4. The minimum Gasteiger partial charge on any atom is -0.444 e. The molecule has 0 saturated carbocycles. The van der Waals surface area contributed by atoms with Crippen molar-refractivity contribution in [3.05, 3.63) is 56.9 Å². The van der Waals surface area contributed by atoms with Crippen molar-refractivity contribution in [2.24, 2.45) is 0 Å². The van der Waals surface area contributed by atoms with Gasteiger partial charge in [-0.1, -0.05) is 0 Å². The number of nitrogens with one attached hydrogen (secondary N) is 3. The lowest BCUT2D eigenvalue weighted by atomic mass is 10.1. The molecule has 1 unspecified atom stereocenters. The van der Waals surface area contributed by atoms with Crippen LogP contribution in [0.1, 0.15) is 29.6 Å². The van der Waals surface area contributed by atoms with Crippen molar-refractivity contribution in [1.82, 2.24) is 15.5 Å². The molecule has 0 radical (unpaired) electrons. The molecule has 180 valence electrons. The number of hydrogen-bond donors (Lipinski definition) is 3. The van der Waals surface area contributed by atoms with Gasteiger partial charge in [-0.2, -0.15) is 0 Å². The van der Waals surface area contributed by atoms with Gasteiger partial charge in [0, 0.05) is 22.7 Å². The SMILES string of the molecule is O=C(c1ccc(F)c(F)c1Nc1ccc(I)cc1F)N(CC[OH2+])CCCNCC1CCCN1. The Kier molecular flexibility index (Phi) is 9.78. The van der Waals surface area contributed by atoms with E-state index in [0.717, 1.165) is 25.6 Å². The standard InChI is InChI=1S/C23H28F3IN4O2/c24-18-6-5-17(22(21(18)26)30-20-7-4-15(27)13-19(20)25)23(33)31(11-12-32)10-2-8-28-14-16-3-1-9-29-16/h4-7,13,16,28-30,32H,1-3,8-12,14H2/p+1. The van der Waals surface area contributed by atoms with Gasteiger partial charge >= 0.3 is 0 Å². The van der Waals surface area contributed by atoms with Crippen molar-refractivity contribution in [2.75, 3.05) is 44.6 Å². The fourth-order valence-corrected chi connectivity index (χ4v) is 4.25. The molecular formula is C23H29F3IN4O2+. The Labute approximate surface area is 205 Å². The highest BCUT2D eigenvalue weighted by molar-refractivity contribution is 14.1. The van der Waals surface area contributed by atoms with Gasteiger partial charge in [0.2, 0.25) is 0 Å². The number of amides is 1. The molecule has 0 spiro atoms. The summed E-state index contributed by atoms with van der Waals surface area (Å²) < 4.78 is 43.6. The number of hydrogen-bond acceptors (Lipinski definition) is 4. The van der Waals surface area contributed by atoms with E-state index in [-0.39, 0.29) is 24.4 Å². The van der Waals surface area contributed by atoms with Gasteiger partial charge in [0.1, 0.15) is 5.82 Å². The average Bonchev–Trinajstić information content (AvgIpc) is 3.31. The van der Waals surface area contributed by atoms with Crippen molar-refractivity contribution in [2.45, 2.75) is 25.3 Å². The summed E-state index contributed by atoms with van der Waals surface area (Å²) in [6.45, 7) is 3.07. The molecule has 1 amide bonds. The Morgan fingerprint density at radius 3 is 2.70 bits per heavy atom. The van der Waals surface area contributed by atoms with Crippen LogP contribution >= 0.6 is 22.6 Å². The summed E-state index contributed by atoms with van der Waals surface area (Å²) in [6, 6.07) is 6.81. The van der Waals surface area contributed by atoms with E-state index < -0.39 is 29.0 Å². The zero-order valence-electron chi connectivity index (χ0n) is 18.2. The molecule has 2 aromatic rings. The molecule has 10 heteroatoms. The normalized spacial score (nSPS) is 15.6. The van der Waals surface area contributed by atoms with Crippen LogP contribution in [-0.2, 0) is 0 Å². The van der Waals surface area contributed by atoms with Gasteiger partial charge in [0.05, 0.1) is 23.5 Å². The Hall–Kier alpha value is -1.89. The molecule has 1 fully saturated rings. The Balaban J connectivity index is 1.71. The first kappa shape index (κ1) is 25.7. The summed E-state index contributed by atoms with van der Waals surface area (Å²) in [6.07, 6.45) is 2.97. The third-order valence-electron chi connectivity index (χ3n) is 5.52. The lowest BCUT2D eigenvalue weighted by Crippen LogP contribution is -2.38. The van der Waals surface area contributed by atoms with Crippen molar-refractivity contribution in [3.8, 4) is 0 Å². The second-order valence-electron chi connectivity index (χ2n) is 7.93. The van der Waals surface area contributed by atoms with Crippen LogP contribution in [-0.4, -0.2) is 61.3 Å². The van der Waals surface area contributed by atoms with E-state index in [1.165, 1.54) is 29.5 Å². The molecule has 6 nitrogen and oxygen atoms in total. The number of anilines is 2. The molecule has 2 aromatic carbocycles. The molecular weight excluding hydrogens is 548 g/mol. The van der Waals surface area contributed by atoms with E-state index in [2.05, 4.69) is 16.0 Å². The summed E-state index contributed by atoms with van der Waals surface area (Å²) in [5.41, 5.74) is -0.588. The van der Waals surface area contributed by atoms with E-state index in [1.54, 1.807) is 6.07 Å². The third-order valence-corrected chi connectivity index (χ3v) is 6.19. The number of carbonyl (C=O) groups excluding carboxylic acids is 1. The minimum atomic E-state index is -1.25. The molecule has 0 aromatic heterocycles. The van der Waals surface area contributed by atoms with Gasteiger partial charge in [-0.25, -0.2) is 13.2 Å². The van der Waals surface area contributed by atoms with E-state index in [9.17, 15) is 18.0 Å². The molecule has 1 heterocycles. The second-order valence-corrected chi connectivity index (χ2v) is 9.17. The van der Waals surface area contributed by atoms with E-state index in [0.29, 0.717) is 29.1 Å². The fourth-order valence-electron chi connectivity index (χ4n) is 3.80. The maximum atomic E-state index is 14.7. The molecule has 1 atom stereocenters. The van der Waals surface area contributed by atoms with E-state index in [4.69, 9.17) is 5.11 Å². The summed E-state index contributed by atoms with van der Waals surface area (Å²) in [5, 5.41) is 16.9. The van der Waals surface area contributed by atoms with Crippen LogP contribution in [0.5, 0.6) is 0 Å². The minimum absolute atomic E-state index is 0.0245. The zero-order valence-corrected chi connectivity index (χ0v) is 20.4. The van der Waals surface area contributed by atoms with Gasteiger partial charge in [0.15, 0.2) is 18.2 Å². The van der Waals surface area contributed by atoms with Crippen LogP contribution in [0.3, 0.4) is 0 Å². The highest BCUT2D eigenvalue weighted by Gasteiger charge is 2.24. The molecule has 3 rings (SSSR count). The fraction of sp³-hybridized carbons (Fsp3) is 0.435. The predicted octanol–water partition coefficient (Wildman–Crippen LogP) is 3.35. The molecule has 1 aliphatic heterocycles. The Morgan fingerprint density at radius 2 is 2.00 bits per heavy atom. The maximum Gasteiger partial charge on any atom is 0.256 e. The lowest BCUT2D eigenvalue weighted by molar-refractivity contribution is 0.0720. The first-order valence-electron chi connectivity index (χ1n) is 11.0. The van der Waals surface area contributed by atoms with Crippen LogP contribution in [0, 0.1) is 21.0 Å². The van der Waals surface area contributed by atoms with Crippen LogP contribution in [0.2, 0.25) is 0 Å². The first-order chi connectivity index (χ1) is 15.9. The number of benzene rings is 2. The van der Waals surface area contributed by atoms with Crippen LogP contribution in [0.25, 0.3) is 0 Å². The van der Waals surface area contributed by atoms with Crippen LogP contribution in [0.15, 0.2) is 30.3 Å². The number of rotatable bonds is 11. The highest BCUT2D eigenvalue weighted by Crippen LogP contribution is 2.29. The number of carbonyl (C=O) groups is 1. The first-order valence-corrected chi connectivity index (χ1v) is 12.1. The third kappa shape index (κ3) is 7.05. The van der Waals surface area contributed by atoms with E-state index >= 15 is 0 Å². The van der Waals surface area contributed by atoms with Crippen molar-refractivity contribution < 1.29 is 23.1 Å². The average molecular weight is 577 g/mol. The smallest absolute Gasteiger partial charge is 0.256 e. The predicted molar refractivity (Wildman–Crippen MR) is 132 cm³/mol. The van der Waals surface area contributed by atoms with Crippen molar-refractivity contribution in [3.63, 3.8) is 0 Å². The molecule has 0 aliphatic carbocycles. The van der Waals surface area contributed by atoms with Crippen molar-refractivity contribution in [1.29, 1.82) is 0 Å². The molecule has 0 bridgehead atoms. The number of nitrogens with zero attached hydrogens (tertiary/aromatic N) is 1. The topological polar surface area (TPSA) is 79.3 Å². The molecule has 1 aliphatic rings. The highest BCUT2D eigenvalue weighted by atomic mass is 127. The molecule has 5 N–H and O–H groups in total. The Bertz CT molecular complexity index is 958. The van der Waals surface area contributed by atoms with Gasteiger partial charge in [-0.3, -0.25) is 4.79 Å². The summed E-state index contributed by atoms with van der Waals surface area (Å²) in [5.74, 6) is -3.58. The zero-order chi connectivity index (χ0) is 23.8. The second kappa shape index (κ2) is 12.5. The maximum absolute atomic E-state index is 14.7. The summed E-state index contributed by atoms with van der Waals surface area (Å²) in [7, 11) is 0. The molecule has 33 heavy (non-hydrogen) atoms. The van der Waals surface area contributed by atoms with Crippen molar-refractivity contribution >= 4 is 39.9 Å².